The van der Waals surface area contributed by atoms with Crippen LogP contribution in [0.5, 0.6) is 0 Å². The molecule has 0 saturated heterocycles. The van der Waals surface area contributed by atoms with E-state index in [9.17, 15) is 4.21 Å². The van der Waals surface area contributed by atoms with Gasteiger partial charge >= 0.3 is 0 Å². The normalized spacial score (nSPS) is 22.7. The van der Waals surface area contributed by atoms with Crippen LogP contribution < -0.4 is 0 Å². The van der Waals surface area contributed by atoms with Crippen LogP contribution in [-0.4, -0.2) is 28.3 Å². The van der Waals surface area contributed by atoms with Crippen LogP contribution in [0.3, 0.4) is 0 Å². The number of thiophene rings is 1. The summed E-state index contributed by atoms with van der Waals surface area (Å²) in [5.41, 5.74) is 0.0644. The summed E-state index contributed by atoms with van der Waals surface area (Å²) in [4.78, 5) is 2.21. The lowest BCUT2D eigenvalue weighted by molar-refractivity contribution is 0.00538. The summed E-state index contributed by atoms with van der Waals surface area (Å²) in [5, 5.41) is 2.01. The molecule has 5 heteroatoms. The molecule has 1 aliphatic rings. The molecule has 2 heterocycles. The predicted octanol–water partition coefficient (Wildman–Crippen LogP) is 2.65. The minimum absolute atomic E-state index is 0.0644. The molecule has 2 rings (SSSR count). The van der Waals surface area contributed by atoms with E-state index in [1.165, 1.54) is 4.88 Å². The lowest BCUT2D eigenvalue weighted by Crippen LogP contribution is -2.39. The van der Waals surface area contributed by atoms with Crippen molar-refractivity contribution in [3.8, 4) is 0 Å². The third-order valence-electron chi connectivity index (χ3n) is 3.07. The molecule has 0 saturated carbocycles. The van der Waals surface area contributed by atoms with Gasteiger partial charge in [-0.1, -0.05) is 20.8 Å². The van der Waals surface area contributed by atoms with Crippen molar-refractivity contribution in [3.05, 3.63) is 16.3 Å². The molecule has 96 valence electrons. The Morgan fingerprint density at radius 1 is 1.59 bits per heavy atom. The highest BCUT2D eigenvalue weighted by atomic mass is 32.2. The standard InChI is InChI=1S/C12H19NO2S2/c1-12(2,3)11(15-4)8-13-7-9-10(17(13)14)5-6-16-9/h5-6,11H,7-8H2,1-4H3/t11-,17?/m1/s1. The molecule has 0 N–H and O–H groups in total. The van der Waals surface area contributed by atoms with Gasteiger partial charge in [0.2, 0.25) is 0 Å². The molecule has 1 aromatic heterocycles. The summed E-state index contributed by atoms with van der Waals surface area (Å²) in [5.74, 6) is 0. The molecule has 0 spiro atoms. The molecule has 1 aliphatic heterocycles. The van der Waals surface area contributed by atoms with E-state index in [4.69, 9.17) is 4.74 Å². The smallest absolute Gasteiger partial charge is 0.129 e. The van der Waals surface area contributed by atoms with E-state index in [1.54, 1.807) is 18.4 Å². The molecule has 17 heavy (non-hydrogen) atoms. The van der Waals surface area contributed by atoms with E-state index in [-0.39, 0.29) is 11.5 Å². The van der Waals surface area contributed by atoms with Crippen molar-refractivity contribution in [2.24, 2.45) is 5.41 Å². The van der Waals surface area contributed by atoms with Gasteiger partial charge in [0, 0.05) is 25.1 Å². The number of hydrogen-bond acceptors (Lipinski definition) is 3. The zero-order chi connectivity index (χ0) is 12.6. The van der Waals surface area contributed by atoms with E-state index in [0.717, 1.165) is 11.4 Å². The van der Waals surface area contributed by atoms with E-state index >= 15 is 0 Å². The van der Waals surface area contributed by atoms with Gasteiger partial charge in [-0.15, -0.1) is 11.3 Å². The SMILES string of the molecule is CO[C@H](CN1Cc2sccc2S1=O)C(C)(C)C. The van der Waals surface area contributed by atoms with Gasteiger partial charge in [-0.3, -0.25) is 0 Å². The average Bonchev–Trinajstić information content (AvgIpc) is 2.77. The van der Waals surface area contributed by atoms with E-state index in [1.807, 2.05) is 15.8 Å². The van der Waals surface area contributed by atoms with Crippen molar-refractivity contribution >= 4 is 22.3 Å². The monoisotopic (exact) mass is 273 g/mol. The molecule has 0 aliphatic carbocycles. The first-order valence-corrected chi connectivity index (χ1v) is 7.68. The predicted molar refractivity (Wildman–Crippen MR) is 71.4 cm³/mol. The summed E-state index contributed by atoms with van der Waals surface area (Å²) >= 11 is 1.69. The van der Waals surface area contributed by atoms with Crippen molar-refractivity contribution in [3.63, 3.8) is 0 Å². The minimum Gasteiger partial charge on any atom is -0.380 e. The molecule has 0 radical (unpaired) electrons. The van der Waals surface area contributed by atoms with Crippen molar-refractivity contribution in [1.29, 1.82) is 0 Å². The highest BCUT2D eigenvalue weighted by molar-refractivity contribution is 7.83. The van der Waals surface area contributed by atoms with Gasteiger partial charge in [0.05, 0.1) is 11.0 Å². The van der Waals surface area contributed by atoms with Gasteiger partial charge in [-0.25, -0.2) is 8.51 Å². The molecule has 0 amide bonds. The molecule has 0 bridgehead atoms. The summed E-state index contributed by atoms with van der Waals surface area (Å²) in [7, 11) is 0.729. The number of nitrogens with zero attached hydrogens (tertiary/aromatic N) is 1. The van der Waals surface area contributed by atoms with Gasteiger partial charge in [0.1, 0.15) is 11.0 Å². The molecule has 0 aromatic carbocycles. The highest BCUT2D eigenvalue weighted by Gasteiger charge is 2.33. The minimum atomic E-state index is -0.998. The maximum absolute atomic E-state index is 12.2. The molecular formula is C12H19NO2S2. The fourth-order valence-corrected chi connectivity index (χ4v) is 4.52. The third kappa shape index (κ3) is 2.62. The van der Waals surface area contributed by atoms with Crippen LogP contribution >= 0.6 is 11.3 Å². The molecular weight excluding hydrogens is 254 g/mol. The van der Waals surface area contributed by atoms with Crippen LogP contribution in [0.25, 0.3) is 0 Å². The summed E-state index contributed by atoms with van der Waals surface area (Å²) in [6.07, 6.45) is 0.0976. The first kappa shape index (κ1) is 13.2. The van der Waals surface area contributed by atoms with Crippen molar-refractivity contribution in [1.82, 2.24) is 4.31 Å². The van der Waals surface area contributed by atoms with Crippen LogP contribution in [0.1, 0.15) is 25.6 Å². The maximum Gasteiger partial charge on any atom is 0.129 e. The molecule has 1 unspecified atom stereocenters. The lowest BCUT2D eigenvalue weighted by Gasteiger charge is -2.31. The number of ether oxygens (including phenoxy) is 1. The van der Waals surface area contributed by atoms with Gasteiger partial charge in [-0.2, -0.15) is 0 Å². The number of hydrogen-bond donors (Lipinski definition) is 0. The second-order valence-electron chi connectivity index (χ2n) is 5.37. The summed E-state index contributed by atoms with van der Waals surface area (Å²) in [6, 6.07) is 1.97. The van der Waals surface area contributed by atoms with Gasteiger partial charge in [0.25, 0.3) is 0 Å². The van der Waals surface area contributed by atoms with Gasteiger partial charge < -0.3 is 4.74 Å². The second kappa shape index (κ2) is 4.80. The largest absolute Gasteiger partial charge is 0.380 e. The number of methoxy groups -OCH3 is 1. The Morgan fingerprint density at radius 3 is 2.82 bits per heavy atom. The Hall–Kier alpha value is -0.230. The highest BCUT2D eigenvalue weighted by Crippen LogP contribution is 2.33. The topological polar surface area (TPSA) is 29.5 Å². The van der Waals surface area contributed by atoms with Crippen molar-refractivity contribution in [2.45, 2.75) is 38.3 Å². The lowest BCUT2D eigenvalue weighted by atomic mass is 9.89. The van der Waals surface area contributed by atoms with E-state index in [2.05, 4.69) is 20.8 Å². The van der Waals surface area contributed by atoms with E-state index < -0.39 is 11.0 Å². The van der Waals surface area contributed by atoms with Gasteiger partial charge in [0.15, 0.2) is 0 Å². The maximum atomic E-state index is 12.2. The average molecular weight is 273 g/mol. The molecule has 1 aromatic rings. The Labute approximate surface area is 109 Å². The number of rotatable bonds is 3. The van der Waals surface area contributed by atoms with Crippen LogP contribution in [0.4, 0.5) is 0 Å². The van der Waals surface area contributed by atoms with Crippen LogP contribution in [0.15, 0.2) is 16.3 Å². The van der Waals surface area contributed by atoms with Crippen molar-refractivity contribution < 1.29 is 8.95 Å². The third-order valence-corrected chi connectivity index (χ3v) is 5.61. The molecule has 0 fully saturated rings. The van der Waals surface area contributed by atoms with E-state index in [0.29, 0.717) is 6.54 Å². The first-order chi connectivity index (χ1) is 7.93. The van der Waals surface area contributed by atoms with Crippen LogP contribution in [0, 0.1) is 5.41 Å². The quantitative estimate of drug-likeness (QED) is 0.847. The number of fused-ring (bicyclic) bond motifs is 1. The fraction of sp³-hybridized carbons (Fsp3) is 0.667. The van der Waals surface area contributed by atoms with Crippen molar-refractivity contribution in [2.75, 3.05) is 13.7 Å². The van der Waals surface area contributed by atoms with Crippen LogP contribution in [0.2, 0.25) is 0 Å². The molecule has 3 nitrogen and oxygen atoms in total. The summed E-state index contributed by atoms with van der Waals surface area (Å²) in [6.45, 7) is 7.95. The Bertz CT molecular complexity index is 422. The Morgan fingerprint density at radius 2 is 2.29 bits per heavy atom. The molecule has 2 atom stereocenters. The summed E-state index contributed by atoms with van der Waals surface area (Å²) < 4.78 is 19.8. The first-order valence-electron chi connectivity index (χ1n) is 5.69. The Balaban J connectivity index is 2.07. The van der Waals surface area contributed by atoms with Crippen LogP contribution in [-0.2, 0) is 22.3 Å². The van der Waals surface area contributed by atoms with Gasteiger partial charge in [-0.05, 0) is 16.9 Å². The fourth-order valence-electron chi connectivity index (χ4n) is 1.98. The zero-order valence-corrected chi connectivity index (χ0v) is 12.4. The Kier molecular flexibility index (Phi) is 3.73. The zero-order valence-electron chi connectivity index (χ0n) is 10.7. The second-order valence-corrected chi connectivity index (χ2v) is 7.83.